The number of nitrogens with zero attached hydrogens (tertiary/aromatic N) is 6. The molecular weight excluding hydrogens is 500 g/mol. The number of rotatable bonds is 9. The predicted molar refractivity (Wildman–Crippen MR) is 162 cm³/mol. The summed E-state index contributed by atoms with van der Waals surface area (Å²) in [6, 6.07) is 8.41. The molecule has 2 aromatic rings. The molecule has 0 amide bonds. The molecule has 3 aliphatic heterocycles. The largest absolute Gasteiger partial charge is 0.382 e. The van der Waals surface area contributed by atoms with Gasteiger partial charge in [-0.2, -0.15) is 0 Å². The van der Waals surface area contributed by atoms with Crippen LogP contribution < -0.4 is 10.6 Å². The maximum absolute atomic E-state index is 11.8. The minimum absolute atomic E-state index is 0.290. The number of aliphatic imine (C=N–C) groups is 2. The molecule has 40 heavy (non-hydrogen) atoms. The Morgan fingerprint density at radius 3 is 2.65 bits per heavy atom. The number of aryl methyl sites for hydroxylation is 1. The van der Waals surface area contributed by atoms with E-state index in [0.29, 0.717) is 12.5 Å². The molecule has 1 atom stereocenters. The average molecular weight is 543 g/mol. The monoisotopic (exact) mass is 542 g/mol. The number of piperidine rings is 1. The number of carbonyl (C=O) groups excluding carboxylic acids is 1. The minimum Gasteiger partial charge on any atom is -0.382 e. The van der Waals surface area contributed by atoms with E-state index >= 15 is 0 Å². The van der Waals surface area contributed by atoms with Crippen LogP contribution in [0.3, 0.4) is 0 Å². The fourth-order valence-electron chi connectivity index (χ4n) is 6.03. The van der Waals surface area contributed by atoms with E-state index in [9.17, 15) is 4.79 Å². The zero-order valence-corrected chi connectivity index (χ0v) is 24.1. The van der Waals surface area contributed by atoms with Crippen molar-refractivity contribution in [1.82, 2.24) is 25.1 Å². The Labute approximate surface area is 237 Å². The van der Waals surface area contributed by atoms with Gasteiger partial charge < -0.3 is 25.2 Å². The summed E-state index contributed by atoms with van der Waals surface area (Å²) >= 11 is 0. The van der Waals surface area contributed by atoms with E-state index < -0.39 is 0 Å². The van der Waals surface area contributed by atoms with E-state index in [4.69, 9.17) is 9.98 Å². The summed E-state index contributed by atoms with van der Waals surface area (Å²) in [6.07, 6.45) is 9.17. The third-order valence-electron chi connectivity index (χ3n) is 8.27. The van der Waals surface area contributed by atoms with Gasteiger partial charge in [-0.3, -0.25) is 15.0 Å². The summed E-state index contributed by atoms with van der Waals surface area (Å²) in [4.78, 5) is 35.8. The Kier molecular flexibility index (Phi) is 9.21. The number of aromatic nitrogens is 2. The van der Waals surface area contributed by atoms with Crippen LogP contribution in [0.4, 0.5) is 5.69 Å². The van der Waals surface area contributed by atoms with Crippen molar-refractivity contribution in [2.45, 2.75) is 45.4 Å². The van der Waals surface area contributed by atoms with E-state index in [1.165, 1.54) is 25.9 Å². The molecule has 212 valence electrons. The zero-order chi connectivity index (χ0) is 27.9. The molecule has 9 nitrogen and oxygen atoms in total. The molecule has 9 heteroatoms. The van der Waals surface area contributed by atoms with Crippen LogP contribution in [0, 0.1) is 12.8 Å². The van der Waals surface area contributed by atoms with Gasteiger partial charge in [0.05, 0.1) is 23.6 Å². The second-order valence-corrected chi connectivity index (χ2v) is 10.9. The third kappa shape index (κ3) is 6.25. The molecule has 0 aliphatic carbocycles. The molecule has 5 heterocycles. The van der Waals surface area contributed by atoms with Crippen molar-refractivity contribution in [2.24, 2.45) is 15.9 Å². The van der Waals surface area contributed by atoms with Crippen LogP contribution in [0.25, 0.3) is 11.3 Å². The molecule has 3 aliphatic rings. The number of pyridine rings is 2. The number of aldehydes is 1. The number of likely N-dealkylation sites (N-methyl/N-ethyl adjacent to an activating group) is 1. The summed E-state index contributed by atoms with van der Waals surface area (Å²) in [5.41, 5.74) is 6.19. The Bertz CT molecular complexity index is 1270. The van der Waals surface area contributed by atoms with Gasteiger partial charge in [-0.05, 0) is 70.0 Å². The highest BCUT2D eigenvalue weighted by atomic mass is 16.1. The minimum atomic E-state index is -0.290. The number of carbonyl (C=O) groups is 1. The predicted octanol–water partition coefficient (Wildman–Crippen LogP) is 3.89. The first kappa shape index (κ1) is 28.0. The molecule has 0 saturated carbocycles. The lowest BCUT2D eigenvalue weighted by atomic mass is 9.90. The zero-order valence-electron chi connectivity index (χ0n) is 24.1. The van der Waals surface area contributed by atoms with Crippen LogP contribution in [-0.2, 0) is 4.79 Å². The first-order valence-electron chi connectivity index (χ1n) is 14.7. The van der Waals surface area contributed by atoms with Crippen LogP contribution in [0.5, 0.6) is 0 Å². The Morgan fingerprint density at radius 2 is 1.93 bits per heavy atom. The molecule has 1 unspecified atom stereocenters. The summed E-state index contributed by atoms with van der Waals surface area (Å²) in [7, 11) is 1.85. The molecule has 2 saturated heterocycles. The highest BCUT2D eigenvalue weighted by molar-refractivity contribution is 6.02. The van der Waals surface area contributed by atoms with Gasteiger partial charge in [-0.25, -0.2) is 4.99 Å². The lowest BCUT2D eigenvalue weighted by Crippen LogP contribution is -2.36. The van der Waals surface area contributed by atoms with Gasteiger partial charge in [0.15, 0.2) is 0 Å². The molecule has 2 N–H and O–H groups in total. The Balaban J connectivity index is 1.39. The van der Waals surface area contributed by atoms with Crippen molar-refractivity contribution in [3.8, 4) is 11.3 Å². The number of likely N-dealkylation sites (tertiary alicyclic amines) is 2. The molecule has 0 aromatic carbocycles. The summed E-state index contributed by atoms with van der Waals surface area (Å²) in [6.45, 7) is 10.5. The maximum atomic E-state index is 11.8. The number of hydrogen-bond acceptors (Lipinski definition) is 9. The normalized spacial score (nSPS) is 19.4. The van der Waals surface area contributed by atoms with E-state index in [0.717, 1.165) is 90.9 Å². The van der Waals surface area contributed by atoms with E-state index in [-0.39, 0.29) is 5.92 Å². The maximum Gasteiger partial charge on any atom is 0.135 e. The van der Waals surface area contributed by atoms with E-state index in [2.05, 4.69) is 48.6 Å². The second-order valence-electron chi connectivity index (χ2n) is 10.9. The third-order valence-corrected chi connectivity index (χ3v) is 8.27. The molecule has 0 spiro atoms. The van der Waals surface area contributed by atoms with Gasteiger partial charge in [0.2, 0.25) is 0 Å². The van der Waals surface area contributed by atoms with Crippen LogP contribution >= 0.6 is 0 Å². The quantitative estimate of drug-likeness (QED) is 0.464. The van der Waals surface area contributed by atoms with Gasteiger partial charge in [0.1, 0.15) is 17.9 Å². The van der Waals surface area contributed by atoms with Gasteiger partial charge in [-0.15, -0.1) is 0 Å². The first-order valence-corrected chi connectivity index (χ1v) is 14.7. The molecule has 0 bridgehead atoms. The Hall–Kier alpha value is -3.59. The number of hydrogen-bond donors (Lipinski definition) is 2. The topological polar surface area (TPSA) is 98.1 Å². The van der Waals surface area contributed by atoms with E-state index in [1.54, 1.807) is 0 Å². The molecular formula is C31H42N8O. The van der Waals surface area contributed by atoms with E-state index in [1.807, 2.05) is 39.4 Å². The van der Waals surface area contributed by atoms with Crippen LogP contribution in [0.1, 0.15) is 49.9 Å². The fraction of sp³-hybridized carbons (Fsp3) is 0.516. The Morgan fingerprint density at radius 1 is 1.12 bits per heavy atom. The highest BCUT2D eigenvalue weighted by Gasteiger charge is 2.29. The molecule has 5 rings (SSSR count). The summed E-state index contributed by atoms with van der Waals surface area (Å²) in [5, 5.41) is 6.91. The SMILES string of the molecule is CNC1=NCC=NC(N2CCC(c3nc(-c4cccnc4C)ccc3NCCN3CCCC3)CC2)=C1C(C)C=O. The standard InChI is InChI=1S/C31H42N8O/c1-22(21-40)28-30(32-3)35-13-14-36-31(28)39-18-10-24(11-19-39)29-27(34-15-20-38-16-4-5-17-38)9-8-26(37-29)25-7-6-12-33-23(25)2/h6-9,12,14,21-22,24,34H,4-5,10-11,13,15-20H2,1-3H3,(H,32,35). The number of anilines is 1. The molecule has 2 fully saturated rings. The smallest absolute Gasteiger partial charge is 0.135 e. The van der Waals surface area contributed by atoms with Crippen molar-refractivity contribution in [3.05, 3.63) is 53.2 Å². The first-order chi connectivity index (χ1) is 19.6. The van der Waals surface area contributed by atoms with Crippen molar-refractivity contribution in [3.63, 3.8) is 0 Å². The van der Waals surface area contributed by atoms with Gasteiger partial charge in [-0.1, -0.05) is 6.92 Å². The van der Waals surface area contributed by atoms with Crippen molar-refractivity contribution >= 4 is 24.0 Å². The lowest BCUT2D eigenvalue weighted by Gasteiger charge is -2.35. The lowest BCUT2D eigenvalue weighted by molar-refractivity contribution is -0.109. The van der Waals surface area contributed by atoms with Gasteiger partial charge >= 0.3 is 0 Å². The van der Waals surface area contributed by atoms with Gasteiger partial charge in [0.25, 0.3) is 0 Å². The van der Waals surface area contributed by atoms with Crippen molar-refractivity contribution < 1.29 is 4.79 Å². The average Bonchev–Trinajstić information content (AvgIpc) is 3.42. The van der Waals surface area contributed by atoms with Crippen LogP contribution in [0.15, 0.2) is 51.8 Å². The van der Waals surface area contributed by atoms with Crippen LogP contribution in [-0.4, -0.2) is 91.0 Å². The van der Waals surface area contributed by atoms with Crippen molar-refractivity contribution in [1.29, 1.82) is 0 Å². The van der Waals surface area contributed by atoms with Crippen LogP contribution in [0.2, 0.25) is 0 Å². The van der Waals surface area contributed by atoms with Crippen molar-refractivity contribution in [2.75, 3.05) is 58.2 Å². The fourth-order valence-corrected chi connectivity index (χ4v) is 6.03. The van der Waals surface area contributed by atoms with Gasteiger partial charge in [0, 0.05) is 74.3 Å². The molecule has 2 aromatic heterocycles. The number of nitrogens with one attached hydrogen (secondary N) is 2. The molecule has 0 radical (unpaired) electrons. The highest BCUT2D eigenvalue weighted by Crippen LogP contribution is 2.36. The summed E-state index contributed by atoms with van der Waals surface area (Å²) < 4.78 is 0. The second kappa shape index (κ2) is 13.2. The summed E-state index contributed by atoms with van der Waals surface area (Å²) in [5.74, 6) is 1.64. The number of amidine groups is 1.